The minimum absolute atomic E-state index is 0.0320. The molecule has 26 heavy (non-hydrogen) atoms. The van der Waals surface area contributed by atoms with Gasteiger partial charge in [-0.25, -0.2) is 4.79 Å². The molecule has 1 N–H and O–H groups in total. The molecule has 0 spiro atoms. The molecule has 0 saturated carbocycles. The number of carbonyl (C=O) groups excluding carboxylic acids is 1. The Morgan fingerprint density at radius 1 is 1.35 bits per heavy atom. The van der Waals surface area contributed by atoms with Crippen molar-refractivity contribution in [3.05, 3.63) is 35.9 Å². The molecule has 1 aromatic carbocycles. The summed E-state index contributed by atoms with van der Waals surface area (Å²) in [6, 6.07) is 7.58. The normalized spacial score (nSPS) is 21.8. The second-order valence-corrected chi connectivity index (χ2v) is 6.66. The molecule has 0 aliphatic carbocycles. The van der Waals surface area contributed by atoms with Crippen molar-refractivity contribution in [3.8, 4) is 0 Å². The van der Waals surface area contributed by atoms with Crippen molar-refractivity contribution in [2.45, 2.75) is 57.9 Å². The van der Waals surface area contributed by atoms with Crippen LogP contribution in [0.4, 0.5) is 18.0 Å². The zero-order valence-electron chi connectivity index (χ0n) is 15.0. The predicted octanol–water partition coefficient (Wildman–Crippen LogP) is 4.02. The largest absolute Gasteiger partial charge is 0.445 e. The van der Waals surface area contributed by atoms with Crippen molar-refractivity contribution in [2.24, 2.45) is 5.92 Å². The SMILES string of the molecule is CC[C@@H]([C@H](NC(=O)OCc1ccccc1)[C@@H]1COC(C)(C)O1)C(F)(F)F. The van der Waals surface area contributed by atoms with Crippen molar-refractivity contribution in [2.75, 3.05) is 6.61 Å². The number of nitrogens with one attached hydrogen (secondary N) is 1. The van der Waals surface area contributed by atoms with Gasteiger partial charge in [-0.3, -0.25) is 0 Å². The first kappa shape index (κ1) is 20.5. The van der Waals surface area contributed by atoms with Crippen LogP contribution >= 0.6 is 0 Å². The molecule has 1 saturated heterocycles. The highest BCUT2D eigenvalue weighted by Crippen LogP contribution is 2.36. The van der Waals surface area contributed by atoms with Gasteiger partial charge in [0.25, 0.3) is 0 Å². The fraction of sp³-hybridized carbons (Fsp3) is 0.611. The average Bonchev–Trinajstić information content (AvgIpc) is 2.92. The van der Waals surface area contributed by atoms with E-state index in [0.717, 1.165) is 5.56 Å². The van der Waals surface area contributed by atoms with Gasteiger partial charge < -0.3 is 19.5 Å². The lowest BCUT2D eigenvalue weighted by atomic mass is 9.92. The minimum atomic E-state index is -4.48. The Labute approximate surface area is 150 Å². The first-order chi connectivity index (χ1) is 12.1. The maximum Gasteiger partial charge on any atom is 0.407 e. The number of rotatable bonds is 6. The fourth-order valence-corrected chi connectivity index (χ4v) is 2.93. The van der Waals surface area contributed by atoms with Crippen LogP contribution in [0.3, 0.4) is 0 Å². The number of hydrogen-bond donors (Lipinski definition) is 1. The first-order valence-corrected chi connectivity index (χ1v) is 8.48. The van der Waals surface area contributed by atoms with E-state index in [1.54, 1.807) is 38.1 Å². The number of alkyl halides is 3. The molecule has 1 fully saturated rings. The highest BCUT2D eigenvalue weighted by Gasteiger charge is 2.50. The standard InChI is InChI=1S/C18H24F3NO4/c1-4-13(18(19,20)21)15(14-11-25-17(2,3)26-14)22-16(23)24-10-12-8-6-5-7-9-12/h5-9,13-15H,4,10-11H2,1-3H3,(H,22,23)/t13-,14-,15-/m0/s1. The zero-order valence-corrected chi connectivity index (χ0v) is 15.0. The van der Waals surface area contributed by atoms with Gasteiger partial charge in [0.05, 0.1) is 18.6 Å². The molecule has 0 unspecified atom stereocenters. The molecule has 8 heteroatoms. The number of carbonyl (C=O) groups is 1. The van der Waals surface area contributed by atoms with Crippen LogP contribution < -0.4 is 5.32 Å². The summed E-state index contributed by atoms with van der Waals surface area (Å²) in [4.78, 5) is 12.1. The summed E-state index contributed by atoms with van der Waals surface area (Å²) in [5.41, 5.74) is 0.739. The Hall–Kier alpha value is -1.80. The van der Waals surface area contributed by atoms with Crippen LogP contribution in [0.25, 0.3) is 0 Å². The summed E-state index contributed by atoms with van der Waals surface area (Å²) < 4.78 is 56.3. The van der Waals surface area contributed by atoms with Crippen LogP contribution in [0.5, 0.6) is 0 Å². The third-order valence-corrected chi connectivity index (χ3v) is 4.22. The maximum absolute atomic E-state index is 13.4. The zero-order chi connectivity index (χ0) is 19.4. The van der Waals surface area contributed by atoms with Crippen molar-refractivity contribution in [1.29, 1.82) is 0 Å². The highest BCUT2D eigenvalue weighted by atomic mass is 19.4. The van der Waals surface area contributed by atoms with Gasteiger partial charge in [-0.05, 0) is 25.8 Å². The number of halogens is 3. The van der Waals surface area contributed by atoms with Gasteiger partial charge in [0.2, 0.25) is 0 Å². The monoisotopic (exact) mass is 375 g/mol. The summed E-state index contributed by atoms with van der Waals surface area (Å²) >= 11 is 0. The van der Waals surface area contributed by atoms with Crippen LogP contribution in [0.2, 0.25) is 0 Å². The number of benzene rings is 1. The Bertz CT molecular complexity index is 592. The van der Waals surface area contributed by atoms with E-state index in [4.69, 9.17) is 14.2 Å². The van der Waals surface area contributed by atoms with E-state index in [2.05, 4.69) is 5.32 Å². The predicted molar refractivity (Wildman–Crippen MR) is 88.3 cm³/mol. The number of amides is 1. The van der Waals surface area contributed by atoms with Gasteiger partial charge in [-0.15, -0.1) is 0 Å². The molecule has 2 rings (SSSR count). The molecular weight excluding hydrogens is 351 g/mol. The van der Waals surface area contributed by atoms with Crippen molar-refractivity contribution >= 4 is 6.09 Å². The van der Waals surface area contributed by atoms with E-state index >= 15 is 0 Å². The highest BCUT2D eigenvalue weighted by molar-refractivity contribution is 5.67. The van der Waals surface area contributed by atoms with Gasteiger partial charge in [0.15, 0.2) is 5.79 Å². The van der Waals surface area contributed by atoms with Gasteiger partial charge in [-0.1, -0.05) is 37.3 Å². The van der Waals surface area contributed by atoms with Crippen LogP contribution in [-0.2, 0) is 20.8 Å². The van der Waals surface area contributed by atoms with Gasteiger partial charge >= 0.3 is 12.3 Å². The van der Waals surface area contributed by atoms with Crippen LogP contribution in [0.1, 0.15) is 32.8 Å². The third kappa shape index (κ3) is 5.60. The molecule has 0 radical (unpaired) electrons. The fourth-order valence-electron chi connectivity index (χ4n) is 2.93. The van der Waals surface area contributed by atoms with Crippen molar-refractivity contribution in [1.82, 2.24) is 5.32 Å². The summed E-state index contributed by atoms with van der Waals surface area (Å²) in [6.07, 6.45) is -6.52. The molecule has 1 amide bonds. The Morgan fingerprint density at radius 2 is 2.00 bits per heavy atom. The second kappa shape index (κ2) is 8.26. The van der Waals surface area contributed by atoms with Crippen LogP contribution in [-0.4, -0.2) is 36.8 Å². The van der Waals surface area contributed by atoms with Crippen molar-refractivity contribution < 1.29 is 32.2 Å². The first-order valence-electron chi connectivity index (χ1n) is 8.48. The molecule has 146 valence electrons. The Balaban J connectivity index is 2.06. The lowest BCUT2D eigenvalue weighted by Crippen LogP contribution is -2.53. The van der Waals surface area contributed by atoms with E-state index in [-0.39, 0.29) is 19.6 Å². The van der Waals surface area contributed by atoms with E-state index in [1.165, 1.54) is 6.92 Å². The van der Waals surface area contributed by atoms with Gasteiger partial charge in [0.1, 0.15) is 12.7 Å². The van der Waals surface area contributed by atoms with Crippen LogP contribution in [0.15, 0.2) is 30.3 Å². The maximum atomic E-state index is 13.4. The quantitative estimate of drug-likeness (QED) is 0.816. The second-order valence-electron chi connectivity index (χ2n) is 6.66. The minimum Gasteiger partial charge on any atom is -0.445 e. The Morgan fingerprint density at radius 3 is 2.50 bits per heavy atom. The molecule has 0 aromatic heterocycles. The molecule has 5 nitrogen and oxygen atoms in total. The molecule has 0 bridgehead atoms. The van der Waals surface area contributed by atoms with E-state index in [0.29, 0.717) is 0 Å². The van der Waals surface area contributed by atoms with E-state index in [1.807, 2.05) is 6.07 Å². The summed E-state index contributed by atoms with van der Waals surface area (Å²) in [7, 11) is 0. The molecule has 1 heterocycles. The number of alkyl carbamates (subject to hydrolysis) is 1. The summed E-state index contributed by atoms with van der Waals surface area (Å²) in [5, 5.41) is 2.34. The van der Waals surface area contributed by atoms with Crippen LogP contribution in [0, 0.1) is 5.92 Å². The average molecular weight is 375 g/mol. The topological polar surface area (TPSA) is 56.8 Å². The molecular formula is C18H24F3NO4. The number of ether oxygens (including phenoxy) is 3. The molecule has 1 aromatic rings. The summed E-state index contributed by atoms with van der Waals surface area (Å²) in [6.45, 7) is 4.58. The van der Waals surface area contributed by atoms with E-state index in [9.17, 15) is 18.0 Å². The van der Waals surface area contributed by atoms with Gasteiger partial charge in [0, 0.05) is 0 Å². The summed E-state index contributed by atoms with van der Waals surface area (Å²) in [5.74, 6) is -2.77. The smallest absolute Gasteiger partial charge is 0.407 e. The molecule has 1 aliphatic heterocycles. The lowest BCUT2D eigenvalue weighted by molar-refractivity contribution is -0.197. The molecule has 1 aliphatic rings. The van der Waals surface area contributed by atoms with Crippen molar-refractivity contribution in [3.63, 3.8) is 0 Å². The number of hydrogen-bond acceptors (Lipinski definition) is 4. The Kier molecular flexibility index (Phi) is 6.52. The van der Waals surface area contributed by atoms with Gasteiger partial charge in [-0.2, -0.15) is 13.2 Å². The lowest BCUT2D eigenvalue weighted by Gasteiger charge is -2.32. The third-order valence-electron chi connectivity index (χ3n) is 4.22. The molecule has 3 atom stereocenters. The van der Waals surface area contributed by atoms with E-state index < -0.39 is 36.1 Å².